The highest BCUT2D eigenvalue weighted by molar-refractivity contribution is 5.86. The van der Waals surface area contributed by atoms with Crippen molar-refractivity contribution in [3.05, 3.63) is 59.7 Å². The number of fused-ring (bicyclic) bond motifs is 3. The van der Waals surface area contributed by atoms with Crippen molar-refractivity contribution in [2.75, 3.05) is 6.61 Å². The van der Waals surface area contributed by atoms with Crippen molar-refractivity contribution in [1.82, 2.24) is 10.6 Å². The van der Waals surface area contributed by atoms with E-state index in [0.29, 0.717) is 12.8 Å². The lowest BCUT2D eigenvalue weighted by Gasteiger charge is -2.21. The Kier molecular flexibility index (Phi) is 7.28. The van der Waals surface area contributed by atoms with E-state index < -0.39 is 30.1 Å². The van der Waals surface area contributed by atoms with E-state index in [2.05, 4.69) is 22.8 Å². The second-order valence-corrected chi connectivity index (χ2v) is 7.64. The van der Waals surface area contributed by atoms with Crippen LogP contribution in [0.2, 0.25) is 0 Å². The van der Waals surface area contributed by atoms with Gasteiger partial charge in [0.2, 0.25) is 5.91 Å². The van der Waals surface area contributed by atoms with E-state index in [1.165, 1.54) is 0 Å². The highest BCUT2D eigenvalue weighted by Gasteiger charge is 2.29. The third kappa shape index (κ3) is 5.23. The van der Waals surface area contributed by atoms with Gasteiger partial charge in [-0.15, -0.1) is 0 Å². The molecule has 164 valence electrons. The molecule has 3 N–H and O–H groups in total. The Morgan fingerprint density at radius 1 is 0.935 bits per heavy atom. The number of carboxylic acids is 1. The number of alkyl carbamates (subject to hydrolysis) is 1. The van der Waals surface area contributed by atoms with Crippen LogP contribution in [0.15, 0.2) is 48.5 Å². The van der Waals surface area contributed by atoms with E-state index in [4.69, 9.17) is 9.84 Å². The third-order valence-electron chi connectivity index (χ3n) is 5.62. The lowest BCUT2D eigenvalue weighted by molar-refractivity contribution is -0.137. The first kappa shape index (κ1) is 22.3. The summed E-state index contributed by atoms with van der Waals surface area (Å²) in [5.74, 6) is -1.46. The van der Waals surface area contributed by atoms with Crippen molar-refractivity contribution >= 4 is 18.0 Å². The molecule has 31 heavy (non-hydrogen) atoms. The topological polar surface area (TPSA) is 105 Å². The molecule has 1 aliphatic carbocycles. The number of rotatable bonds is 9. The molecule has 2 atom stereocenters. The molecule has 3 rings (SSSR count). The summed E-state index contributed by atoms with van der Waals surface area (Å²) in [7, 11) is 0. The SMILES string of the molecule is CC[C@@H](CC(=O)O)NC(=O)[C@H](CC)NC(=O)OCC1c2ccccc2-c2ccccc21. The molecule has 0 saturated carbocycles. The van der Waals surface area contributed by atoms with Gasteiger partial charge >= 0.3 is 12.1 Å². The van der Waals surface area contributed by atoms with Crippen LogP contribution in [-0.4, -0.2) is 41.8 Å². The molecule has 0 spiro atoms. The van der Waals surface area contributed by atoms with Crippen molar-refractivity contribution in [3.8, 4) is 11.1 Å². The maximum atomic E-state index is 12.5. The van der Waals surface area contributed by atoms with Crippen LogP contribution in [0.1, 0.15) is 50.2 Å². The van der Waals surface area contributed by atoms with Crippen molar-refractivity contribution in [2.45, 2.75) is 51.1 Å². The summed E-state index contributed by atoms with van der Waals surface area (Å²) >= 11 is 0. The number of hydrogen-bond acceptors (Lipinski definition) is 4. The van der Waals surface area contributed by atoms with Gasteiger partial charge in [0, 0.05) is 12.0 Å². The van der Waals surface area contributed by atoms with Crippen LogP contribution in [0.4, 0.5) is 4.79 Å². The number of ether oxygens (including phenoxy) is 1. The quantitative estimate of drug-likeness (QED) is 0.570. The molecule has 2 aromatic carbocycles. The summed E-state index contributed by atoms with van der Waals surface area (Å²) in [6.45, 7) is 3.73. The number of hydrogen-bond donors (Lipinski definition) is 3. The van der Waals surface area contributed by atoms with Crippen LogP contribution in [0.25, 0.3) is 11.1 Å². The zero-order valence-electron chi connectivity index (χ0n) is 17.8. The Morgan fingerprint density at radius 2 is 1.52 bits per heavy atom. The minimum atomic E-state index is -0.982. The number of nitrogens with one attached hydrogen (secondary N) is 2. The molecular formula is C24H28N2O5. The predicted octanol–water partition coefficient (Wildman–Crippen LogP) is 3.67. The number of carbonyl (C=O) groups is 3. The highest BCUT2D eigenvalue weighted by atomic mass is 16.5. The Morgan fingerprint density at radius 3 is 2.03 bits per heavy atom. The van der Waals surface area contributed by atoms with E-state index in [0.717, 1.165) is 22.3 Å². The number of carbonyl (C=O) groups excluding carboxylic acids is 2. The van der Waals surface area contributed by atoms with Gasteiger partial charge in [0.05, 0.1) is 6.42 Å². The van der Waals surface area contributed by atoms with Crippen LogP contribution in [-0.2, 0) is 14.3 Å². The average molecular weight is 424 g/mol. The Labute approximate surface area is 181 Å². The van der Waals surface area contributed by atoms with E-state index >= 15 is 0 Å². The highest BCUT2D eigenvalue weighted by Crippen LogP contribution is 2.44. The Bertz CT molecular complexity index is 913. The monoisotopic (exact) mass is 424 g/mol. The standard InChI is InChI=1S/C24H28N2O5/c1-3-15(13-22(27)28)25-23(29)21(4-2)26-24(30)31-14-20-18-11-7-5-9-16(18)17-10-6-8-12-19(17)20/h5-12,15,20-21H,3-4,13-14H2,1-2H3,(H,25,29)(H,26,30)(H,27,28)/t15-,21-/m0/s1. The van der Waals surface area contributed by atoms with Gasteiger partial charge in [-0.1, -0.05) is 62.4 Å². The Balaban J connectivity index is 1.60. The summed E-state index contributed by atoms with van der Waals surface area (Å²) in [5, 5.41) is 14.2. The lowest BCUT2D eigenvalue weighted by atomic mass is 9.98. The minimum Gasteiger partial charge on any atom is -0.481 e. The Hall–Kier alpha value is -3.35. The largest absolute Gasteiger partial charge is 0.481 e. The molecule has 2 aromatic rings. The number of amides is 2. The molecule has 0 saturated heterocycles. The van der Waals surface area contributed by atoms with E-state index in [1.54, 1.807) is 13.8 Å². The molecule has 0 radical (unpaired) electrons. The average Bonchev–Trinajstić information content (AvgIpc) is 3.09. The molecule has 2 amide bonds. The molecule has 1 aliphatic rings. The van der Waals surface area contributed by atoms with Gasteiger partial charge < -0.3 is 20.5 Å². The lowest BCUT2D eigenvalue weighted by Crippen LogP contribution is -2.49. The van der Waals surface area contributed by atoms with Gasteiger partial charge in [-0.3, -0.25) is 9.59 Å². The van der Waals surface area contributed by atoms with Crippen molar-refractivity contribution in [2.24, 2.45) is 0 Å². The first-order valence-corrected chi connectivity index (χ1v) is 10.6. The molecule has 0 heterocycles. The van der Waals surface area contributed by atoms with Crippen molar-refractivity contribution in [1.29, 1.82) is 0 Å². The van der Waals surface area contributed by atoms with Crippen molar-refractivity contribution in [3.63, 3.8) is 0 Å². The smallest absolute Gasteiger partial charge is 0.407 e. The predicted molar refractivity (Wildman–Crippen MR) is 117 cm³/mol. The summed E-state index contributed by atoms with van der Waals surface area (Å²) in [4.78, 5) is 35.8. The zero-order valence-corrected chi connectivity index (χ0v) is 17.8. The fourth-order valence-corrected chi connectivity index (χ4v) is 3.95. The van der Waals surface area contributed by atoms with Gasteiger partial charge in [-0.2, -0.15) is 0 Å². The van der Waals surface area contributed by atoms with Gasteiger partial charge in [-0.05, 0) is 35.1 Å². The fraction of sp³-hybridized carbons (Fsp3) is 0.375. The maximum absolute atomic E-state index is 12.5. The van der Waals surface area contributed by atoms with Crippen LogP contribution >= 0.6 is 0 Å². The molecule has 7 heteroatoms. The summed E-state index contributed by atoms with van der Waals surface area (Å²) in [5.41, 5.74) is 4.51. The van der Waals surface area contributed by atoms with Gasteiger partial charge in [0.1, 0.15) is 12.6 Å². The number of carboxylic acid groups (broad SMARTS) is 1. The number of benzene rings is 2. The molecule has 7 nitrogen and oxygen atoms in total. The first-order chi connectivity index (χ1) is 14.9. The van der Waals surface area contributed by atoms with Crippen LogP contribution in [0, 0.1) is 0 Å². The first-order valence-electron chi connectivity index (χ1n) is 10.6. The van der Waals surface area contributed by atoms with Gasteiger partial charge in [-0.25, -0.2) is 4.79 Å². The minimum absolute atomic E-state index is 0.0629. The molecule has 0 fully saturated rings. The second-order valence-electron chi connectivity index (χ2n) is 7.64. The second kappa shape index (κ2) is 10.1. The maximum Gasteiger partial charge on any atom is 0.407 e. The molecule has 0 aliphatic heterocycles. The van der Waals surface area contributed by atoms with E-state index in [-0.39, 0.29) is 18.9 Å². The third-order valence-corrected chi connectivity index (χ3v) is 5.62. The summed E-state index contributed by atoms with van der Waals surface area (Å²) in [6, 6.07) is 14.8. The van der Waals surface area contributed by atoms with Crippen LogP contribution in [0.3, 0.4) is 0 Å². The van der Waals surface area contributed by atoms with Crippen molar-refractivity contribution < 1.29 is 24.2 Å². The van der Waals surface area contributed by atoms with Crippen LogP contribution < -0.4 is 10.6 Å². The molecule has 0 unspecified atom stereocenters. The summed E-state index contributed by atoms with van der Waals surface area (Å²) in [6.07, 6.45) is 0.0119. The van der Waals surface area contributed by atoms with E-state index in [1.807, 2.05) is 36.4 Å². The molecule has 0 bridgehead atoms. The normalized spacial score (nSPS) is 14.1. The molecular weight excluding hydrogens is 396 g/mol. The fourth-order valence-electron chi connectivity index (χ4n) is 3.95. The number of aliphatic carboxylic acids is 1. The zero-order chi connectivity index (χ0) is 22.4. The van der Waals surface area contributed by atoms with Gasteiger partial charge in [0.15, 0.2) is 0 Å². The van der Waals surface area contributed by atoms with Gasteiger partial charge in [0.25, 0.3) is 0 Å². The molecule has 0 aromatic heterocycles. The van der Waals surface area contributed by atoms with Crippen LogP contribution in [0.5, 0.6) is 0 Å². The van der Waals surface area contributed by atoms with E-state index in [9.17, 15) is 14.4 Å². The summed E-state index contributed by atoms with van der Waals surface area (Å²) < 4.78 is 5.49.